The summed E-state index contributed by atoms with van der Waals surface area (Å²) in [6, 6.07) is 10.8. The van der Waals surface area contributed by atoms with Crippen molar-refractivity contribution >= 4 is 40.9 Å². The molecule has 0 fully saturated rings. The van der Waals surface area contributed by atoms with E-state index in [1.165, 1.54) is 13.2 Å². The van der Waals surface area contributed by atoms with Gasteiger partial charge in [0.25, 0.3) is 0 Å². The van der Waals surface area contributed by atoms with E-state index >= 15 is 0 Å². The number of rotatable bonds is 5. The number of benzene rings is 2. The number of amides is 2. The molecule has 0 aliphatic carbocycles. The van der Waals surface area contributed by atoms with Gasteiger partial charge in [-0.2, -0.15) is 0 Å². The number of hydrogen-bond donors (Lipinski definition) is 2. The second-order valence-corrected chi connectivity index (χ2v) is 6.76. The maximum Gasteiger partial charge on any atom is 0.338 e. The number of esters is 1. The van der Waals surface area contributed by atoms with Crippen LogP contribution in [0.25, 0.3) is 5.70 Å². The normalized spacial score (nSPS) is 16.3. The number of methoxy groups -OCH3 is 1. The van der Waals surface area contributed by atoms with E-state index in [4.69, 9.17) is 32.7 Å². The van der Waals surface area contributed by atoms with Crippen molar-refractivity contribution in [3.8, 4) is 5.75 Å². The highest BCUT2D eigenvalue weighted by Gasteiger charge is 2.36. The van der Waals surface area contributed by atoms with E-state index in [9.17, 15) is 9.59 Å². The van der Waals surface area contributed by atoms with Gasteiger partial charge in [0.1, 0.15) is 5.75 Å². The van der Waals surface area contributed by atoms with E-state index in [0.717, 1.165) is 0 Å². The number of carbonyl (C=O) groups excluding carboxylic acids is 2. The molecule has 1 heterocycles. The Morgan fingerprint density at radius 1 is 1.18 bits per heavy atom. The summed E-state index contributed by atoms with van der Waals surface area (Å²) in [4.78, 5) is 25.3. The fourth-order valence-electron chi connectivity index (χ4n) is 3.07. The standard InChI is InChI=1S/C20H18Cl2N2O4/c1-3-28-19(25)15-16(11-7-5-4-6-8-11)23-20(26)24-17(15)13-9-12(21)10-14(22)18(13)27-2/h4-10,17H,3H2,1-2H3,(H2,23,24,26)/t17-/m0/s1. The molecule has 0 radical (unpaired) electrons. The van der Waals surface area contributed by atoms with Crippen LogP contribution in [0.3, 0.4) is 0 Å². The molecule has 6 nitrogen and oxygen atoms in total. The molecule has 0 spiro atoms. The van der Waals surface area contributed by atoms with Gasteiger partial charge in [-0.15, -0.1) is 0 Å². The molecule has 28 heavy (non-hydrogen) atoms. The first-order chi connectivity index (χ1) is 13.5. The van der Waals surface area contributed by atoms with Crippen LogP contribution in [-0.2, 0) is 9.53 Å². The summed E-state index contributed by atoms with van der Waals surface area (Å²) in [5.74, 6) is -0.260. The van der Waals surface area contributed by atoms with Crippen LogP contribution in [0.15, 0.2) is 48.0 Å². The number of urea groups is 1. The topological polar surface area (TPSA) is 76.7 Å². The van der Waals surface area contributed by atoms with Gasteiger partial charge in [0, 0.05) is 10.6 Å². The van der Waals surface area contributed by atoms with Crippen LogP contribution in [0.2, 0.25) is 10.0 Å². The second kappa shape index (κ2) is 8.54. The summed E-state index contributed by atoms with van der Waals surface area (Å²) in [6.45, 7) is 1.89. The van der Waals surface area contributed by atoms with E-state index in [1.54, 1.807) is 25.1 Å². The Bertz CT molecular complexity index is 945. The van der Waals surface area contributed by atoms with Gasteiger partial charge in [0.05, 0.1) is 36.1 Å². The Hall–Kier alpha value is -2.70. The number of carbonyl (C=O) groups is 2. The Labute approximate surface area is 172 Å². The average Bonchev–Trinajstić information content (AvgIpc) is 2.67. The Morgan fingerprint density at radius 2 is 1.89 bits per heavy atom. The minimum Gasteiger partial charge on any atom is -0.495 e. The average molecular weight is 421 g/mol. The Morgan fingerprint density at radius 3 is 2.54 bits per heavy atom. The van der Waals surface area contributed by atoms with E-state index in [0.29, 0.717) is 27.6 Å². The molecule has 2 N–H and O–H groups in total. The largest absolute Gasteiger partial charge is 0.495 e. The lowest BCUT2D eigenvalue weighted by Crippen LogP contribution is -2.45. The van der Waals surface area contributed by atoms with Crippen molar-refractivity contribution in [2.45, 2.75) is 13.0 Å². The van der Waals surface area contributed by atoms with Crippen molar-refractivity contribution in [1.82, 2.24) is 10.6 Å². The molecule has 0 aromatic heterocycles. The van der Waals surface area contributed by atoms with Crippen molar-refractivity contribution < 1.29 is 19.1 Å². The lowest BCUT2D eigenvalue weighted by molar-refractivity contribution is -0.138. The van der Waals surface area contributed by atoms with Gasteiger partial charge >= 0.3 is 12.0 Å². The van der Waals surface area contributed by atoms with Gasteiger partial charge in [-0.3, -0.25) is 0 Å². The molecule has 1 aliphatic rings. The predicted octanol–water partition coefficient (Wildman–Crippen LogP) is 4.33. The van der Waals surface area contributed by atoms with Crippen molar-refractivity contribution in [2.24, 2.45) is 0 Å². The number of halogens is 2. The maximum atomic E-state index is 12.9. The van der Waals surface area contributed by atoms with Crippen molar-refractivity contribution in [2.75, 3.05) is 13.7 Å². The summed E-state index contributed by atoms with van der Waals surface area (Å²) in [5.41, 5.74) is 1.69. The third-order valence-corrected chi connectivity index (χ3v) is 4.68. The molecular formula is C20H18Cl2N2O4. The molecule has 0 bridgehead atoms. The first kappa shape index (κ1) is 20.0. The first-order valence-electron chi connectivity index (χ1n) is 8.53. The van der Waals surface area contributed by atoms with Gasteiger partial charge in [0.15, 0.2) is 0 Å². The molecule has 2 aromatic carbocycles. The molecule has 0 saturated carbocycles. The molecule has 8 heteroatoms. The minimum absolute atomic E-state index is 0.179. The van der Waals surface area contributed by atoms with Gasteiger partial charge < -0.3 is 20.1 Å². The third kappa shape index (κ3) is 3.93. The minimum atomic E-state index is -0.867. The zero-order chi connectivity index (χ0) is 20.3. The van der Waals surface area contributed by atoms with Gasteiger partial charge in [-0.25, -0.2) is 9.59 Å². The molecule has 3 rings (SSSR count). The highest BCUT2D eigenvalue weighted by Crippen LogP contribution is 2.41. The number of nitrogens with one attached hydrogen (secondary N) is 2. The fourth-order valence-corrected chi connectivity index (χ4v) is 3.66. The highest BCUT2D eigenvalue weighted by atomic mass is 35.5. The molecule has 0 saturated heterocycles. The molecule has 2 aromatic rings. The summed E-state index contributed by atoms with van der Waals surface area (Å²) in [7, 11) is 1.45. The predicted molar refractivity (Wildman–Crippen MR) is 107 cm³/mol. The number of hydrogen-bond acceptors (Lipinski definition) is 4. The van der Waals surface area contributed by atoms with Crippen molar-refractivity contribution in [3.63, 3.8) is 0 Å². The fraction of sp³-hybridized carbons (Fsp3) is 0.200. The number of ether oxygens (including phenoxy) is 2. The van der Waals surface area contributed by atoms with E-state index < -0.39 is 18.0 Å². The van der Waals surface area contributed by atoms with Crippen LogP contribution < -0.4 is 15.4 Å². The second-order valence-electron chi connectivity index (χ2n) is 5.92. The van der Waals surface area contributed by atoms with Crippen LogP contribution in [0.5, 0.6) is 5.75 Å². The SMILES string of the molecule is CCOC(=O)C1=C(c2ccccc2)NC(=O)N[C@H]1c1cc(Cl)cc(Cl)c1OC. The van der Waals surface area contributed by atoms with Crippen LogP contribution in [0.1, 0.15) is 24.1 Å². The summed E-state index contributed by atoms with van der Waals surface area (Å²) in [5, 5.41) is 6.07. The molecule has 1 aliphatic heterocycles. The smallest absolute Gasteiger partial charge is 0.338 e. The van der Waals surface area contributed by atoms with Crippen LogP contribution in [0, 0.1) is 0 Å². The molecule has 1 atom stereocenters. The zero-order valence-corrected chi connectivity index (χ0v) is 16.7. The first-order valence-corrected chi connectivity index (χ1v) is 9.29. The highest BCUT2D eigenvalue weighted by molar-refractivity contribution is 6.35. The van der Waals surface area contributed by atoms with Crippen LogP contribution in [-0.4, -0.2) is 25.7 Å². The zero-order valence-electron chi connectivity index (χ0n) is 15.2. The summed E-state index contributed by atoms with van der Waals surface area (Å²) < 4.78 is 10.7. The lowest BCUT2D eigenvalue weighted by atomic mass is 9.92. The van der Waals surface area contributed by atoms with Gasteiger partial charge in [-0.05, 0) is 24.6 Å². The molecule has 2 amide bonds. The van der Waals surface area contributed by atoms with Gasteiger partial charge in [0.2, 0.25) is 0 Å². The molecule has 0 unspecified atom stereocenters. The van der Waals surface area contributed by atoms with E-state index in [1.807, 2.05) is 18.2 Å². The van der Waals surface area contributed by atoms with Crippen LogP contribution in [0.4, 0.5) is 4.79 Å². The van der Waals surface area contributed by atoms with Crippen molar-refractivity contribution in [3.05, 3.63) is 69.2 Å². The monoisotopic (exact) mass is 420 g/mol. The lowest BCUT2D eigenvalue weighted by Gasteiger charge is -2.30. The summed E-state index contributed by atoms with van der Waals surface area (Å²) >= 11 is 12.4. The Kier molecular flexibility index (Phi) is 6.11. The summed E-state index contributed by atoms with van der Waals surface area (Å²) in [6.07, 6.45) is 0. The van der Waals surface area contributed by atoms with E-state index in [-0.39, 0.29) is 17.2 Å². The van der Waals surface area contributed by atoms with E-state index in [2.05, 4.69) is 10.6 Å². The maximum absolute atomic E-state index is 12.9. The van der Waals surface area contributed by atoms with Crippen LogP contribution >= 0.6 is 23.2 Å². The Balaban J connectivity index is 2.27. The molecule has 146 valence electrons. The quantitative estimate of drug-likeness (QED) is 0.705. The third-order valence-electron chi connectivity index (χ3n) is 4.18. The molecular weight excluding hydrogens is 403 g/mol. The van der Waals surface area contributed by atoms with Gasteiger partial charge in [-0.1, -0.05) is 53.5 Å². The van der Waals surface area contributed by atoms with Crippen molar-refractivity contribution in [1.29, 1.82) is 0 Å².